The highest BCUT2D eigenvalue weighted by Gasteiger charge is 2.12. The van der Waals surface area contributed by atoms with Crippen molar-refractivity contribution in [1.82, 2.24) is 10.3 Å². The molecule has 0 radical (unpaired) electrons. The van der Waals surface area contributed by atoms with E-state index in [2.05, 4.69) is 41.4 Å². The van der Waals surface area contributed by atoms with E-state index >= 15 is 0 Å². The molecule has 2 rings (SSSR count). The van der Waals surface area contributed by atoms with Gasteiger partial charge in [0.25, 0.3) is 0 Å². The summed E-state index contributed by atoms with van der Waals surface area (Å²) in [6.45, 7) is 5.45. The van der Waals surface area contributed by atoms with Crippen molar-refractivity contribution in [2.75, 3.05) is 38.8 Å². The van der Waals surface area contributed by atoms with Crippen LogP contribution in [0, 0.1) is 0 Å². The molecule has 0 saturated carbocycles. The molecule has 1 N–H and O–H groups in total. The number of para-hydroxylation sites is 1. The lowest BCUT2D eigenvalue weighted by Crippen LogP contribution is -2.29. The van der Waals surface area contributed by atoms with Crippen molar-refractivity contribution in [3.63, 3.8) is 0 Å². The SMILES string of the molecule is CCN(CCOC)c1nc2ccccc2cc1CNC. The predicted octanol–water partition coefficient (Wildman–Crippen LogP) is 2.43. The fourth-order valence-electron chi connectivity index (χ4n) is 2.36. The van der Waals surface area contributed by atoms with Crippen molar-refractivity contribution in [3.8, 4) is 0 Å². The maximum atomic E-state index is 5.20. The molecule has 4 heteroatoms. The Bertz CT molecular complexity index is 556. The molecule has 0 aliphatic carbocycles. The fourth-order valence-corrected chi connectivity index (χ4v) is 2.36. The van der Waals surface area contributed by atoms with E-state index in [9.17, 15) is 0 Å². The molecule has 0 fully saturated rings. The quantitative estimate of drug-likeness (QED) is 0.840. The molecular formula is C16H23N3O. The topological polar surface area (TPSA) is 37.4 Å². The number of aromatic nitrogens is 1. The Balaban J connectivity index is 2.44. The van der Waals surface area contributed by atoms with E-state index in [-0.39, 0.29) is 0 Å². The number of anilines is 1. The minimum atomic E-state index is 0.710. The van der Waals surface area contributed by atoms with E-state index in [1.807, 2.05) is 13.1 Å². The van der Waals surface area contributed by atoms with Crippen LogP contribution in [0.1, 0.15) is 12.5 Å². The molecule has 108 valence electrons. The second-order valence-corrected chi connectivity index (χ2v) is 4.77. The summed E-state index contributed by atoms with van der Waals surface area (Å²) in [6.07, 6.45) is 0. The van der Waals surface area contributed by atoms with Gasteiger partial charge in [-0.05, 0) is 26.1 Å². The number of rotatable bonds is 7. The Morgan fingerprint density at radius 3 is 2.80 bits per heavy atom. The molecular weight excluding hydrogens is 250 g/mol. The van der Waals surface area contributed by atoms with Crippen molar-refractivity contribution < 1.29 is 4.74 Å². The van der Waals surface area contributed by atoms with E-state index < -0.39 is 0 Å². The van der Waals surface area contributed by atoms with Gasteiger partial charge in [0.05, 0.1) is 12.1 Å². The van der Waals surface area contributed by atoms with Crippen LogP contribution < -0.4 is 10.2 Å². The second-order valence-electron chi connectivity index (χ2n) is 4.77. The summed E-state index contributed by atoms with van der Waals surface area (Å²) >= 11 is 0. The first-order chi connectivity index (χ1) is 9.80. The molecule has 1 heterocycles. The van der Waals surface area contributed by atoms with Gasteiger partial charge >= 0.3 is 0 Å². The number of nitrogens with one attached hydrogen (secondary N) is 1. The highest BCUT2D eigenvalue weighted by atomic mass is 16.5. The van der Waals surface area contributed by atoms with Crippen LogP contribution in [-0.4, -0.2) is 38.8 Å². The Morgan fingerprint density at radius 1 is 1.30 bits per heavy atom. The zero-order valence-corrected chi connectivity index (χ0v) is 12.5. The standard InChI is InChI=1S/C16H23N3O/c1-4-19(9-10-20-3)16-14(12-17-2)11-13-7-5-6-8-15(13)18-16/h5-8,11,17H,4,9-10,12H2,1-3H3. The smallest absolute Gasteiger partial charge is 0.133 e. The number of nitrogens with zero attached hydrogens (tertiary/aromatic N) is 2. The highest BCUT2D eigenvalue weighted by Crippen LogP contribution is 2.23. The van der Waals surface area contributed by atoms with Crippen LogP contribution >= 0.6 is 0 Å². The van der Waals surface area contributed by atoms with Crippen LogP contribution in [-0.2, 0) is 11.3 Å². The van der Waals surface area contributed by atoms with Crippen LogP contribution in [0.15, 0.2) is 30.3 Å². The molecule has 0 aliphatic heterocycles. The highest BCUT2D eigenvalue weighted by molar-refractivity contribution is 5.81. The normalized spacial score (nSPS) is 10.9. The summed E-state index contributed by atoms with van der Waals surface area (Å²) in [4.78, 5) is 7.11. The number of ether oxygens (including phenoxy) is 1. The number of hydrogen-bond acceptors (Lipinski definition) is 4. The second kappa shape index (κ2) is 7.22. The molecule has 0 atom stereocenters. The van der Waals surface area contributed by atoms with Crippen LogP contribution in [0.25, 0.3) is 10.9 Å². The summed E-state index contributed by atoms with van der Waals surface area (Å²) in [5.41, 5.74) is 2.27. The minimum absolute atomic E-state index is 0.710. The molecule has 1 aromatic heterocycles. The van der Waals surface area contributed by atoms with Gasteiger partial charge in [-0.25, -0.2) is 4.98 Å². The number of pyridine rings is 1. The molecule has 0 saturated heterocycles. The molecule has 0 aliphatic rings. The molecule has 1 aromatic carbocycles. The minimum Gasteiger partial charge on any atom is -0.383 e. The van der Waals surface area contributed by atoms with Gasteiger partial charge in [-0.1, -0.05) is 18.2 Å². The third-order valence-electron chi connectivity index (χ3n) is 3.39. The molecule has 0 spiro atoms. The molecule has 4 nitrogen and oxygen atoms in total. The van der Waals surface area contributed by atoms with Crippen molar-refractivity contribution in [1.29, 1.82) is 0 Å². The van der Waals surface area contributed by atoms with Crippen molar-refractivity contribution in [2.45, 2.75) is 13.5 Å². The van der Waals surface area contributed by atoms with Gasteiger partial charge in [-0.3, -0.25) is 0 Å². The Hall–Kier alpha value is -1.65. The molecule has 2 aromatic rings. The third-order valence-corrected chi connectivity index (χ3v) is 3.39. The summed E-state index contributed by atoms with van der Waals surface area (Å²) in [7, 11) is 3.70. The Kier molecular flexibility index (Phi) is 5.32. The molecule has 0 bridgehead atoms. The van der Waals surface area contributed by atoms with Crippen LogP contribution in [0.3, 0.4) is 0 Å². The number of benzene rings is 1. The van der Waals surface area contributed by atoms with Gasteiger partial charge < -0.3 is 15.0 Å². The van der Waals surface area contributed by atoms with Crippen molar-refractivity contribution >= 4 is 16.7 Å². The van der Waals surface area contributed by atoms with Crippen LogP contribution in [0.2, 0.25) is 0 Å². The zero-order chi connectivity index (χ0) is 14.4. The van der Waals surface area contributed by atoms with Gasteiger partial charge in [-0.2, -0.15) is 0 Å². The monoisotopic (exact) mass is 273 g/mol. The lowest BCUT2D eigenvalue weighted by molar-refractivity contribution is 0.205. The van der Waals surface area contributed by atoms with E-state index in [1.165, 1.54) is 10.9 Å². The first-order valence-electron chi connectivity index (χ1n) is 7.07. The van der Waals surface area contributed by atoms with Gasteiger partial charge in [0.2, 0.25) is 0 Å². The maximum absolute atomic E-state index is 5.20. The molecule has 0 unspecified atom stereocenters. The Morgan fingerprint density at radius 2 is 2.10 bits per heavy atom. The number of hydrogen-bond donors (Lipinski definition) is 1. The van der Waals surface area contributed by atoms with E-state index in [4.69, 9.17) is 9.72 Å². The van der Waals surface area contributed by atoms with E-state index in [0.29, 0.717) is 6.61 Å². The predicted molar refractivity (Wildman–Crippen MR) is 84.3 cm³/mol. The lowest BCUT2D eigenvalue weighted by atomic mass is 10.1. The van der Waals surface area contributed by atoms with Crippen LogP contribution in [0.4, 0.5) is 5.82 Å². The van der Waals surface area contributed by atoms with Gasteiger partial charge in [0, 0.05) is 37.7 Å². The Labute approximate surface area is 120 Å². The number of fused-ring (bicyclic) bond motifs is 1. The third kappa shape index (κ3) is 3.26. The summed E-state index contributed by atoms with van der Waals surface area (Å²) in [5.74, 6) is 1.05. The largest absolute Gasteiger partial charge is 0.383 e. The first-order valence-corrected chi connectivity index (χ1v) is 7.07. The summed E-state index contributed by atoms with van der Waals surface area (Å²) in [5, 5.41) is 4.41. The zero-order valence-electron chi connectivity index (χ0n) is 12.5. The van der Waals surface area contributed by atoms with Gasteiger partial charge in [0.1, 0.15) is 5.82 Å². The fraction of sp³-hybridized carbons (Fsp3) is 0.438. The van der Waals surface area contributed by atoms with E-state index in [1.54, 1.807) is 7.11 Å². The van der Waals surface area contributed by atoms with Gasteiger partial charge in [-0.15, -0.1) is 0 Å². The summed E-state index contributed by atoms with van der Waals surface area (Å²) in [6, 6.07) is 10.5. The number of methoxy groups -OCH3 is 1. The first kappa shape index (κ1) is 14.8. The molecule has 0 amide bonds. The van der Waals surface area contributed by atoms with Crippen molar-refractivity contribution in [2.24, 2.45) is 0 Å². The van der Waals surface area contributed by atoms with Gasteiger partial charge in [0.15, 0.2) is 0 Å². The molecule has 20 heavy (non-hydrogen) atoms. The van der Waals surface area contributed by atoms with Crippen molar-refractivity contribution in [3.05, 3.63) is 35.9 Å². The van der Waals surface area contributed by atoms with E-state index in [0.717, 1.165) is 31.0 Å². The number of likely N-dealkylation sites (N-methyl/N-ethyl adjacent to an activating group) is 1. The maximum Gasteiger partial charge on any atom is 0.133 e. The summed E-state index contributed by atoms with van der Waals surface area (Å²) < 4.78 is 5.20. The average Bonchev–Trinajstić information content (AvgIpc) is 2.48. The van der Waals surface area contributed by atoms with Crippen LogP contribution in [0.5, 0.6) is 0 Å². The average molecular weight is 273 g/mol. The lowest BCUT2D eigenvalue weighted by Gasteiger charge is -2.24.